The van der Waals surface area contributed by atoms with Gasteiger partial charge in [-0.2, -0.15) is 0 Å². The van der Waals surface area contributed by atoms with Crippen LogP contribution in [-0.4, -0.2) is 60.2 Å². The average molecular weight is 439 g/mol. The van der Waals surface area contributed by atoms with Crippen molar-refractivity contribution in [3.63, 3.8) is 0 Å². The minimum atomic E-state index is -0.412. The SMILES string of the molecule is CCN1C(=O)C(=Cc2ccc(N(c3nnco3)c3nnco3)cc2)C(=O)N(CC)C1=S. The number of hydrogen-bond donors (Lipinski definition) is 0. The van der Waals surface area contributed by atoms with Crippen molar-refractivity contribution in [2.45, 2.75) is 13.8 Å². The quantitative estimate of drug-likeness (QED) is 0.321. The Kier molecular flexibility index (Phi) is 5.54. The van der Waals surface area contributed by atoms with Crippen LogP contribution in [0.2, 0.25) is 0 Å². The van der Waals surface area contributed by atoms with Crippen LogP contribution in [-0.2, 0) is 9.59 Å². The number of thiocarbonyl (C=S) groups is 1. The Hall–Kier alpha value is -3.93. The van der Waals surface area contributed by atoms with Crippen LogP contribution in [0, 0.1) is 0 Å². The molecule has 3 heterocycles. The van der Waals surface area contributed by atoms with Crippen molar-refractivity contribution in [2.75, 3.05) is 18.0 Å². The fourth-order valence-electron chi connectivity index (χ4n) is 3.10. The minimum Gasteiger partial charge on any atom is -0.410 e. The molecule has 0 unspecified atom stereocenters. The summed E-state index contributed by atoms with van der Waals surface area (Å²) in [5, 5.41) is 15.3. The Morgan fingerprint density at radius 3 is 1.87 bits per heavy atom. The Bertz CT molecular complexity index is 1060. The number of anilines is 3. The molecule has 0 radical (unpaired) electrons. The van der Waals surface area contributed by atoms with Gasteiger partial charge in [0.25, 0.3) is 11.8 Å². The zero-order valence-corrected chi connectivity index (χ0v) is 17.4. The number of carbonyl (C=O) groups is 2. The number of likely N-dealkylation sites (N-methyl/N-ethyl adjacent to an activating group) is 2. The third kappa shape index (κ3) is 3.68. The second-order valence-electron chi connectivity index (χ2n) is 6.31. The number of benzene rings is 1. The molecule has 1 aliphatic rings. The maximum Gasteiger partial charge on any atom is 0.331 e. The predicted octanol–water partition coefficient (Wildman–Crippen LogP) is 2.30. The molecule has 11 nitrogen and oxygen atoms in total. The van der Waals surface area contributed by atoms with Gasteiger partial charge in [-0.15, -0.1) is 10.2 Å². The summed E-state index contributed by atoms with van der Waals surface area (Å²) in [7, 11) is 0. The van der Waals surface area contributed by atoms with Gasteiger partial charge in [-0.05, 0) is 49.8 Å². The average Bonchev–Trinajstić information content (AvgIpc) is 3.48. The van der Waals surface area contributed by atoms with Crippen molar-refractivity contribution in [1.82, 2.24) is 30.2 Å². The summed E-state index contributed by atoms with van der Waals surface area (Å²) >= 11 is 5.28. The monoisotopic (exact) mass is 439 g/mol. The maximum absolute atomic E-state index is 12.8. The van der Waals surface area contributed by atoms with Crippen molar-refractivity contribution in [2.24, 2.45) is 0 Å². The Morgan fingerprint density at radius 1 is 0.935 bits per heavy atom. The second kappa shape index (κ2) is 8.44. The van der Waals surface area contributed by atoms with Gasteiger partial charge in [0.05, 0.1) is 5.69 Å². The van der Waals surface area contributed by atoms with Gasteiger partial charge in [0, 0.05) is 13.1 Å². The fraction of sp³-hybridized carbons (Fsp3) is 0.211. The van der Waals surface area contributed by atoms with Crippen LogP contribution < -0.4 is 4.90 Å². The molecule has 2 aromatic heterocycles. The molecule has 1 saturated heterocycles. The van der Waals surface area contributed by atoms with E-state index in [1.165, 1.54) is 27.5 Å². The molecule has 0 N–H and O–H groups in total. The lowest BCUT2D eigenvalue weighted by Gasteiger charge is -2.35. The highest BCUT2D eigenvalue weighted by Gasteiger charge is 2.37. The van der Waals surface area contributed by atoms with E-state index in [0.29, 0.717) is 24.3 Å². The summed E-state index contributed by atoms with van der Waals surface area (Å²) < 4.78 is 10.5. The van der Waals surface area contributed by atoms with E-state index >= 15 is 0 Å². The first-order valence-corrected chi connectivity index (χ1v) is 9.77. The number of nitrogens with zero attached hydrogens (tertiary/aromatic N) is 7. The number of amides is 2. The molecule has 0 saturated carbocycles. The summed E-state index contributed by atoms with van der Waals surface area (Å²) in [4.78, 5) is 29.9. The van der Waals surface area contributed by atoms with Gasteiger partial charge in [-0.1, -0.05) is 22.3 Å². The van der Waals surface area contributed by atoms with Gasteiger partial charge < -0.3 is 8.83 Å². The molecule has 1 aromatic carbocycles. The summed E-state index contributed by atoms with van der Waals surface area (Å²) in [5.41, 5.74) is 1.30. The number of aromatic nitrogens is 4. The van der Waals surface area contributed by atoms with Crippen molar-refractivity contribution in [3.8, 4) is 0 Å². The van der Waals surface area contributed by atoms with E-state index in [1.807, 2.05) is 13.8 Å². The lowest BCUT2D eigenvalue weighted by atomic mass is 10.1. The largest absolute Gasteiger partial charge is 0.410 e. The van der Waals surface area contributed by atoms with Crippen LogP contribution in [0.25, 0.3) is 6.08 Å². The van der Waals surface area contributed by atoms with Gasteiger partial charge in [0.1, 0.15) is 5.57 Å². The van der Waals surface area contributed by atoms with E-state index in [1.54, 1.807) is 30.3 Å². The summed E-state index contributed by atoms with van der Waals surface area (Å²) in [6, 6.07) is 7.22. The topological polar surface area (TPSA) is 122 Å². The fourth-order valence-corrected chi connectivity index (χ4v) is 3.53. The van der Waals surface area contributed by atoms with Crippen molar-refractivity contribution >= 4 is 52.9 Å². The molecule has 4 rings (SSSR count). The van der Waals surface area contributed by atoms with Crippen LogP contribution in [0.1, 0.15) is 19.4 Å². The van der Waals surface area contributed by atoms with Crippen molar-refractivity contribution in [1.29, 1.82) is 0 Å². The highest BCUT2D eigenvalue weighted by molar-refractivity contribution is 7.80. The molecule has 1 aliphatic heterocycles. The van der Waals surface area contributed by atoms with Gasteiger partial charge in [-0.3, -0.25) is 19.4 Å². The van der Waals surface area contributed by atoms with E-state index in [0.717, 1.165) is 0 Å². The number of rotatable bonds is 6. The lowest BCUT2D eigenvalue weighted by molar-refractivity contribution is -0.133. The third-order valence-corrected chi connectivity index (χ3v) is 5.03. The standard InChI is InChI=1S/C19H17N7O4S/c1-3-24-15(27)14(16(28)25(4-2)19(24)31)9-12-5-7-13(8-6-12)26(17-22-20-10-29-17)18-23-21-11-30-18/h5-11H,3-4H2,1-2H3. The van der Waals surface area contributed by atoms with Crippen molar-refractivity contribution < 1.29 is 18.4 Å². The molecule has 3 aromatic rings. The second-order valence-corrected chi connectivity index (χ2v) is 6.67. The molecular weight excluding hydrogens is 422 g/mol. The first-order chi connectivity index (χ1) is 15.0. The van der Waals surface area contributed by atoms with E-state index in [9.17, 15) is 9.59 Å². The molecule has 0 atom stereocenters. The summed E-state index contributed by atoms with van der Waals surface area (Å²) in [5.74, 6) is -0.825. The molecule has 0 aliphatic carbocycles. The zero-order chi connectivity index (χ0) is 22.0. The molecule has 0 spiro atoms. The molecule has 31 heavy (non-hydrogen) atoms. The molecule has 0 bridgehead atoms. The Balaban J connectivity index is 1.67. The maximum atomic E-state index is 12.8. The van der Waals surface area contributed by atoms with Crippen LogP contribution in [0.3, 0.4) is 0 Å². The van der Waals surface area contributed by atoms with Crippen molar-refractivity contribution in [3.05, 3.63) is 48.2 Å². The zero-order valence-electron chi connectivity index (χ0n) is 16.6. The van der Waals surface area contributed by atoms with Gasteiger partial charge in [-0.25, -0.2) is 4.90 Å². The Labute approximate surface area is 182 Å². The first kappa shape index (κ1) is 20.3. The van der Waals surface area contributed by atoms with Gasteiger partial charge in [0.2, 0.25) is 12.8 Å². The number of hydrogen-bond acceptors (Lipinski definition) is 10. The third-order valence-electron chi connectivity index (χ3n) is 4.59. The smallest absolute Gasteiger partial charge is 0.331 e. The van der Waals surface area contributed by atoms with Crippen LogP contribution in [0.4, 0.5) is 17.7 Å². The van der Waals surface area contributed by atoms with Crippen LogP contribution >= 0.6 is 12.2 Å². The molecule has 1 fully saturated rings. The molecule has 12 heteroatoms. The van der Waals surface area contributed by atoms with Gasteiger partial charge in [0.15, 0.2) is 5.11 Å². The molecular formula is C19H17N7O4S. The predicted molar refractivity (Wildman–Crippen MR) is 112 cm³/mol. The van der Waals surface area contributed by atoms with E-state index in [2.05, 4.69) is 20.4 Å². The molecule has 2 amide bonds. The molecule has 158 valence electrons. The Morgan fingerprint density at radius 2 is 1.45 bits per heavy atom. The lowest BCUT2D eigenvalue weighted by Crippen LogP contribution is -2.55. The summed E-state index contributed by atoms with van der Waals surface area (Å²) in [6.45, 7) is 4.37. The summed E-state index contributed by atoms with van der Waals surface area (Å²) in [6.07, 6.45) is 3.91. The van der Waals surface area contributed by atoms with Gasteiger partial charge >= 0.3 is 12.0 Å². The van der Waals surface area contributed by atoms with E-state index in [-0.39, 0.29) is 22.7 Å². The van der Waals surface area contributed by atoms with E-state index < -0.39 is 11.8 Å². The first-order valence-electron chi connectivity index (χ1n) is 9.37. The van der Waals surface area contributed by atoms with Crippen LogP contribution in [0.15, 0.2) is 51.5 Å². The number of carbonyl (C=O) groups excluding carboxylic acids is 2. The van der Waals surface area contributed by atoms with Crippen LogP contribution in [0.5, 0.6) is 0 Å². The van der Waals surface area contributed by atoms with E-state index in [4.69, 9.17) is 21.1 Å². The minimum absolute atomic E-state index is 0.0516. The highest BCUT2D eigenvalue weighted by atomic mass is 32.1. The highest BCUT2D eigenvalue weighted by Crippen LogP contribution is 2.31. The normalized spacial score (nSPS) is 14.4.